The van der Waals surface area contributed by atoms with E-state index in [0.29, 0.717) is 11.8 Å². The van der Waals surface area contributed by atoms with E-state index in [-0.39, 0.29) is 12.0 Å². The molecule has 16 heavy (non-hydrogen) atoms. The molecule has 1 atom stereocenters. The number of nitrogens with zero attached hydrogens (tertiary/aromatic N) is 1. The lowest BCUT2D eigenvalue weighted by Gasteiger charge is -2.23. The van der Waals surface area contributed by atoms with Gasteiger partial charge in [0.2, 0.25) is 5.91 Å². The molecule has 0 aromatic heterocycles. The van der Waals surface area contributed by atoms with Gasteiger partial charge in [-0.3, -0.25) is 4.79 Å². The number of hydrogen-bond donors (Lipinski definition) is 1. The van der Waals surface area contributed by atoms with Gasteiger partial charge >= 0.3 is 0 Å². The van der Waals surface area contributed by atoms with E-state index >= 15 is 0 Å². The molecule has 0 aliphatic carbocycles. The molecule has 1 N–H and O–H groups in total. The van der Waals surface area contributed by atoms with E-state index < -0.39 is 0 Å². The van der Waals surface area contributed by atoms with Crippen LogP contribution in [-0.2, 0) is 4.79 Å². The molecule has 94 valence electrons. The van der Waals surface area contributed by atoms with Crippen molar-refractivity contribution < 1.29 is 9.90 Å². The third-order valence-electron chi connectivity index (χ3n) is 3.48. The Morgan fingerprint density at radius 3 is 2.75 bits per heavy atom. The minimum atomic E-state index is -0.251. The third-order valence-corrected chi connectivity index (χ3v) is 3.48. The summed E-state index contributed by atoms with van der Waals surface area (Å²) in [4.78, 5) is 13.8. The summed E-state index contributed by atoms with van der Waals surface area (Å²) >= 11 is 0. The zero-order valence-electron chi connectivity index (χ0n) is 10.8. The van der Waals surface area contributed by atoms with E-state index in [4.69, 9.17) is 0 Å². The lowest BCUT2D eigenvalue weighted by molar-refractivity contribution is -0.130. The Labute approximate surface area is 98.8 Å². The van der Waals surface area contributed by atoms with Crippen molar-refractivity contribution in [3.8, 4) is 0 Å². The monoisotopic (exact) mass is 227 g/mol. The summed E-state index contributed by atoms with van der Waals surface area (Å²) in [6.07, 6.45) is 4.21. The maximum absolute atomic E-state index is 11.8. The van der Waals surface area contributed by atoms with E-state index in [9.17, 15) is 9.90 Å². The summed E-state index contributed by atoms with van der Waals surface area (Å²) in [5.74, 6) is 0.288. The van der Waals surface area contributed by atoms with Gasteiger partial charge < -0.3 is 10.0 Å². The molecule has 3 heteroatoms. The lowest BCUT2D eigenvalue weighted by atomic mass is 9.85. The normalized spacial score (nSPS) is 23.0. The number of carbonyl (C=O) groups excluding carboxylic acids is 1. The Bertz CT molecular complexity index is 236. The van der Waals surface area contributed by atoms with Crippen LogP contribution in [0.25, 0.3) is 0 Å². The van der Waals surface area contributed by atoms with E-state index in [1.165, 1.54) is 0 Å². The summed E-state index contributed by atoms with van der Waals surface area (Å²) in [7, 11) is 0. The molecule has 0 aromatic carbocycles. The molecule has 1 heterocycles. The predicted octanol–water partition coefficient (Wildman–Crippen LogP) is 2.19. The largest absolute Gasteiger partial charge is 0.393 e. The zero-order chi connectivity index (χ0) is 12.2. The Balaban J connectivity index is 2.38. The Morgan fingerprint density at radius 1 is 1.44 bits per heavy atom. The molecule has 1 aliphatic heterocycles. The second-order valence-corrected chi connectivity index (χ2v) is 5.79. The van der Waals surface area contributed by atoms with E-state index in [0.717, 1.165) is 38.8 Å². The fourth-order valence-corrected chi connectivity index (χ4v) is 2.10. The third kappa shape index (κ3) is 4.52. The van der Waals surface area contributed by atoms with Crippen molar-refractivity contribution in [1.82, 2.24) is 4.90 Å². The molecule has 1 unspecified atom stereocenters. The second kappa shape index (κ2) is 5.67. The quantitative estimate of drug-likeness (QED) is 0.799. The zero-order valence-corrected chi connectivity index (χ0v) is 10.8. The lowest BCUT2D eigenvalue weighted by Crippen LogP contribution is -2.31. The standard InChI is InChI=1S/C13H25NO2/c1-11(15)5-4-9-14-10-8-13(2,3)7-6-12(14)16/h11,15H,4-10H2,1-3H3. The highest BCUT2D eigenvalue weighted by atomic mass is 16.3. The molecule has 1 aliphatic rings. The van der Waals surface area contributed by atoms with Crippen molar-refractivity contribution in [2.45, 2.75) is 59.0 Å². The van der Waals surface area contributed by atoms with Crippen molar-refractivity contribution >= 4 is 5.91 Å². The van der Waals surface area contributed by atoms with Crippen LogP contribution in [0, 0.1) is 5.41 Å². The molecular formula is C13H25NO2. The van der Waals surface area contributed by atoms with Crippen LogP contribution >= 0.6 is 0 Å². The number of aliphatic hydroxyl groups excluding tert-OH is 1. The summed E-state index contributed by atoms with van der Waals surface area (Å²) in [5.41, 5.74) is 0.300. The first-order valence-electron chi connectivity index (χ1n) is 6.36. The molecular weight excluding hydrogens is 202 g/mol. The summed E-state index contributed by atoms with van der Waals surface area (Å²) in [6.45, 7) is 7.96. The summed E-state index contributed by atoms with van der Waals surface area (Å²) in [5, 5.41) is 9.18. The van der Waals surface area contributed by atoms with Gasteiger partial charge in [-0.2, -0.15) is 0 Å². The van der Waals surface area contributed by atoms with Crippen LogP contribution in [0.4, 0.5) is 0 Å². The van der Waals surface area contributed by atoms with Crippen LogP contribution in [-0.4, -0.2) is 35.1 Å². The highest BCUT2D eigenvalue weighted by Crippen LogP contribution is 2.30. The smallest absolute Gasteiger partial charge is 0.222 e. The number of rotatable bonds is 4. The van der Waals surface area contributed by atoms with Gasteiger partial charge in [-0.25, -0.2) is 0 Å². The van der Waals surface area contributed by atoms with Crippen molar-refractivity contribution in [3.05, 3.63) is 0 Å². The van der Waals surface area contributed by atoms with Gasteiger partial charge in [0.15, 0.2) is 0 Å². The topological polar surface area (TPSA) is 40.5 Å². The summed E-state index contributed by atoms with van der Waals surface area (Å²) < 4.78 is 0. The van der Waals surface area contributed by atoms with Crippen molar-refractivity contribution in [3.63, 3.8) is 0 Å². The van der Waals surface area contributed by atoms with E-state index in [2.05, 4.69) is 13.8 Å². The highest BCUT2D eigenvalue weighted by molar-refractivity contribution is 5.76. The fourth-order valence-electron chi connectivity index (χ4n) is 2.10. The predicted molar refractivity (Wildman–Crippen MR) is 65.1 cm³/mol. The molecule has 0 spiro atoms. The average Bonchev–Trinajstić information content (AvgIpc) is 2.30. The average molecular weight is 227 g/mol. The summed E-state index contributed by atoms with van der Waals surface area (Å²) in [6, 6.07) is 0. The minimum absolute atomic E-state index is 0.251. The van der Waals surface area contributed by atoms with Crippen molar-refractivity contribution in [2.75, 3.05) is 13.1 Å². The van der Waals surface area contributed by atoms with Crippen LogP contribution < -0.4 is 0 Å². The Morgan fingerprint density at radius 2 is 2.12 bits per heavy atom. The van der Waals surface area contributed by atoms with Gasteiger partial charge in [-0.15, -0.1) is 0 Å². The highest BCUT2D eigenvalue weighted by Gasteiger charge is 2.26. The van der Waals surface area contributed by atoms with Gasteiger partial charge in [0, 0.05) is 19.5 Å². The number of hydrogen-bond acceptors (Lipinski definition) is 2. The molecule has 1 saturated heterocycles. The molecule has 0 bridgehead atoms. The number of likely N-dealkylation sites (tertiary alicyclic amines) is 1. The molecule has 0 saturated carbocycles. The van der Waals surface area contributed by atoms with Crippen LogP contribution in [0.15, 0.2) is 0 Å². The SMILES string of the molecule is CC(O)CCCN1CCC(C)(C)CCC1=O. The van der Waals surface area contributed by atoms with Gasteiger partial charge in [-0.1, -0.05) is 13.8 Å². The first kappa shape index (κ1) is 13.5. The van der Waals surface area contributed by atoms with Crippen LogP contribution in [0.1, 0.15) is 52.9 Å². The number of carbonyl (C=O) groups is 1. The molecule has 0 radical (unpaired) electrons. The van der Waals surface area contributed by atoms with E-state index in [1.54, 1.807) is 6.92 Å². The number of aliphatic hydroxyl groups is 1. The maximum atomic E-state index is 11.8. The molecule has 3 nitrogen and oxygen atoms in total. The molecule has 1 amide bonds. The first-order chi connectivity index (χ1) is 7.41. The molecule has 0 aromatic rings. The van der Waals surface area contributed by atoms with Crippen molar-refractivity contribution in [1.29, 1.82) is 0 Å². The number of amides is 1. The maximum Gasteiger partial charge on any atom is 0.222 e. The Hall–Kier alpha value is -0.570. The van der Waals surface area contributed by atoms with Gasteiger partial charge in [0.1, 0.15) is 0 Å². The molecule has 1 rings (SSSR count). The van der Waals surface area contributed by atoms with Gasteiger partial charge in [0.25, 0.3) is 0 Å². The van der Waals surface area contributed by atoms with E-state index in [1.807, 2.05) is 4.90 Å². The first-order valence-corrected chi connectivity index (χ1v) is 6.36. The fraction of sp³-hybridized carbons (Fsp3) is 0.923. The van der Waals surface area contributed by atoms with Crippen LogP contribution in [0.2, 0.25) is 0 Å². The van der Waals surface area contributed by atoms with Crippen molar-refractivity contribution in [2.24, 2.45) is 5.41 Å². The Kier molecular flexibility index (Phi) is 4.78. The molecule has 1 fully saturated rings. The van der Waals surface area contributed by atoms with Crippen LogP contribution in [0.3, 0.4) is 0 Å². The second-order valence-electron chi connectivity index (χ2n) is 5.79. The van der Waals surface area contributed by atoms with Gasteiger partial charge in [0.05, 0.1) is 6.10 Å². The minimum Gasteiger partial charge on any atom is -0.393 e. The van der Waals surface area contributed by atoms with Crippen LogP contribution in [0.5, 0.6) is 0 Å². The van der Waals surface area contributed by atoms with Gasteiger partial charge in [-0.05, 0) is 38.0 Å².